The first kappa shape index (κ1) is 12.1. The molecule has 3 nitrogen and oxygen atoms in total. The molecular formula is C16H16FNO2. The molecule has 2 heterocycles. The van der Waals surface area contributed by atoms with Crippen molar-refractivity contribution >= 4 is 17.4 Å². The number of halogens is 1. The quantitative estimate of drug-likeness (QED) is 0.681. The van der Waals surface area contributed by atoms with Crippen molar-refractivity contribution in [3.8, 4) is 0 Å². The lowest BCUT2D eigenvalue weighted by Gasteiger charge is -2.45. The van der Waals surface area contributed by atoms with Gasteiger partial charge in [-0.3, -0.25) is 14.5 Å². The molecule has 1 amide bonds. The molecule has 1 unspecified atom stereocenters. The number of hydrogen-bond acceptors (Lipinski definition) is 2. The topological polar surface area (TPSA) is 37.4 Å². The van der Waals surface area contributed by atoms with Crippen LogP contribution in [-0.4, -0.2) is 17.2 Å². The summed E-state index contributed by atoms with van der Waals surface area (Å²) in [6.07, 6.45) is 4.92. The van der Waals surface area contributed by atoms with Crippen molar-refractivity contribution in [2.45, 2.75) is 50.5 Å². The number of carbonyl (C=O) groups is 2. The van der Waals surface area contributed by atoms with E-state index in [1.165, 1.54) is 12.1 Å². The van der Waals surface area contributed by atoms with Crippen molar-refractivity contribution in [3.63, 3.8) is 0 Å². The van der Waals surface area contributed by atoms with Gasteiger partial charge in [0.1, 0.15) is 5.82 Å². The first-order valence-corrected chi connectivity index (χ1v) is 7.26. The Morgan fingerprint density at radius 3 is 2.65 bits per heavy atom. The second-order valence-corrected chi connectivity index (χ2v) is 6.40. The Labute approximate surface area is 116 Å². The molecule has 0 aromatic heterocycles. The van der Waals surface area contributed by atoms with Crippen molar-refractivity contribution in [1.82, 2.24) is 0 Å². The Bertz CT molecular complexity index is 646. The average molecular weight is 273 g/mol. The van der Waals surface area contributed by atoms with E-state index >= 15 is 0 Å². The van der Waals surface area contributed by atoms with E-state index in [9.17, 15) is 14.0 Å². The number of nitrogens with zero attached hydrogens (tertiary/aromatic N) is 1. The van der Waals surface area contributed by atoms with Crippen LogP contribution in [0.4, 0.5) is 10.1 Å². The molecule has 0 radical (unpaired) electrons. The summed E-state index contributed by atoms with van der Waals surface area (Å²) in [6, 6.07) is 2.71. The first-order chi connectivity index (χ1) is 9.53. The molecule has 4 rings (SSSR count). The van der Waals surface area contributed by atoms with E-state index in [-0.39, 0.29) is 17.0 Å². The van der Waals surface area contributed by atoms with Gasteiger partial charge in [0.15, 0.2) is 0 Å². The lowest BCUT2D eigenvalue weighted by atomic mass is 9.77. The Morgan fingerprint density at radius 2 is 1.95 bits per heavy atom. The van der Waals surface area contributed by atoms with Crippen LogP contribution in [0, 0.1) is 5.82 Å². The lowest BCUT2D eigenvalue weighted by Crippen LogP contribution is -2.52. The summed E-state index contributed by atoms with van der Waals surface area (Å²) in [5.74, 6) is -1.23. The largest absolute Gasteiger partial charge is 0.300 e. The smallest absolute Gasteiger partial charge is 0.298 e. The number of benzene rings is 1. The summed E-state index contributed by atoms with van der Waals surface area (Å²) in [5.41, 5.74) is 1.57. The van der Waals surface area contributed by atoms with Crippen LogP contribution in [0.25, 0.3) is 0 Å². The van der Waals surface area contributed by atoms with E-state index in [0.29, 0.717) is 5.69 Å². The van der Waals surface area contributed by atoms with Crippen molar-refractivity contribution in [3.05, 3.63) is 29.1 Å². The van der Waals surface area contributed by atoms with Gasteiger partial charge in [0.25, 0.3) is 11.7 Å². The third-order valence-corrected chi connectivity index (χ3v) is 5.20. The molecule has 4 heteroatoms. The molecule has 1 aromatic rings. The zero-order valence-corrected chi connectivity index (χ0v) is 11.4. The minimum absolute atomic E-state index is 0.187. The second-order valence-electron chi connectivity index (χ2n) is 6.40. The molecule has 0 saturated heterocycles. The zero-order chi connectivity index (χ0) is 14.1. The Kier molecular flexibility index (Phi) is 2.22. The molecule has 1 atom stereocenters. The molecule has 1 aromatic carbocycles. The van der Waals surface area contributed by atoms with Crippen LogP contribution < -0.4 is 4.90 Å². The molecule has 1 aliphatic carbocycles. The molecule has 0 N–H and O–H groups in total. The zero-order valence-electron chi connectivity index (χ0n) is 11.4. The normalized spacial score (nSPS) is 26.5. The SMILES string of the molecule is CC1CC2(CCCC2)N2C(=O)C(=O)c3cc(F)cc1c32. The van der Waals surface area contributed by atoms with E-state index < -0.39 is 17.5 Å². The number of amides is 1. The number of rotatable bonds is 0. The molecule has 3 aliphatic rings. The number of carbonyl (C=O) groups excluding carboxylic acids is 2. The maximum absolute atomic E-state index is 13.7. The fourth-order valence-corrected chi connectivity index (χ4v) is 4.42. The molecular weight excluding hydrogens is 257 g/mol. The Hall–Kier alpha value is -1.71. The maximum atomic E-state index is 13.7. The van der Waals surface area contributed by atoms with E-state index in [1.54, 1.807) is 4.90 Å². The van der Waals surface area contributed by atoms with E-state index in [4.69, 9.17) is 0 Å². The van der Waals surface area contributed by atoms with Crippen LogP contribution >= 0.6 is 0 Å². The van der Waals surface area contributed by atoms with Gasteiger partial charge in [-0.05, 0) is 42.9 Å². The van der Waals surface area contributed by atoms with Crippen molar-refractivity contribution in [2.75, 3.05) is 4.90 Å². The molecule has 0 bridgehead atoms. The average Bonchev–Trinajstić information content (AvgIpc) is 2.95. The van der Waals surface area contributed by atoms with E-state index in [1.807, 2.05) is 0 Å². The molecule has 1 spiro atoms. The summed E-state index contributed by atoms with van der Waals surface area (Å²) in [7, 11) is 0. The predicted molar refractivity (Wildman–Crippen MR) is 72.4 cm³/mol. The molecule has 1 fully saturated rings. The molecule has 2 aliphatic heterocycles. The fourth-order valence-electron chi connectivity index (χ4n) is 4.42. The Balaban J connectivity index is 2.01. The summed E-state index contributed by atoms with van der Waals surface area (Å²) >= 11 is 0. The van der Waals surface area contributed by atoms with Gasteiger partial charge in [-0.2, -0.15) is 0 Å². The van der Waals surface area contributed by atoms with Gasteiger partial charge in [-0.25, -0.2) is 4.39 Å². The maximum Gasteiger partial charge on any atom is 0.300 e. The van der Waals surface area contributed by atoms with Crippen LogP contribution in [-0.2, 0) is 4.79 Å². The summed E-state index contributed by atoms with van der Waals surface area (Å²) in [4.78, 5) is 26.3. The van der Waals surface area contributed by atoms with Gasteiger partial charge in [-0.15, -0.1) is 0 Å². The highest BCUT2D eigenvalue weighted by Gasteiger charge is 2.54. The van der Waals surface area contributed by atoms with Crippen molar-refractivity contribution in [2.24, 2.45) is 0 Å². The summed E-state index contributed by atoms with van der Waals surface area (Å²) in [5, 5.41) is 0. The number of fused-ring (bicyclic) bond motifs is 1. The number of anilines is 1. The van der Waals surface area contributed by atoms with Crippen LogP contribution in [0.5, 0.6) is 0 Å². The highest BCUT2D eigenvalue weighted by molar-refractivity contribution is 6.52. The van der Waals surface area contributed by atoms with Crippen LogP contribution in [0.2, 0.25) is 0 Å². The van der Waals surface area contributed by atoms with Crippen LogP contribution in [0.3, 0.4) is 0 Å². The standard InChI is InChI=1S/C16H16FNO2/c1-9-8-16(4-2-3-5-16)18-13-11(9)6-10(17)7-12(13)14(19)15(18)20/h6-7,9H,2-5,8H2,1H3. The lowest BCUT2D eigenvalue weighted by molar-refractivity contribution is -0.115. The van der Waals surface area contributed by atoms with Crippen molar-refractivity contribution < 1.29 is 14.0 Å². The van der Waals surface area contributed by atoms with Gasteiger partial charge in [0.2, 0.25) is 0 Å². The third kappa shape index (κ3) is 1.29. The van der Waals surface area contributed by atoms with Crippen molar-refractivity contribution in [1.29, 1.82) is 0 Å². The van der Waals surface area contributed by atoms with Gasteiger partial charge in [-0.1, -0.05) is 19.8 Å². The van der Waals surface area contributed by atoms with Gasteiger partial charge in [0.05, 0.1) is 11.3 Å². The van der Waals surface area contributed by atoms with Gasteiger partial charge < -0.3 is 0 Å². The van der Waals surface area contributed by atoms with E-state index in [2.05, 4.69) is 6.92 Å². The summed E-state index contributed by atoms with van der Waals surface area (Å²) < 4.78 is 13.7. The summed E-state index contributed by atoms with van der Waals surface area (Å²) in [6.45, 7) is 2.07. The number of Topliss-reactive ketones (excluding diaryl/α,β-unsaturated/α-hetero) is 1. The van der Waals surface area contributed by atoms with Crippen LogP contribution in [0.1, 0.15) is 60.9 Å². The minimum atomic E-state index is -0.541. The van der Waals surface area contributed by atoms with E-state index in [0.717, 1.165) is 37.7 Å². The highest BCUT2D eigenvalue weighted by atomic mass is 19.1. The fraction of sp³-hybridized carbons (Fsp3) is 0.500. The molecule has 104 valence electrons. The monoisotopic (exact) mass is 273 g/mol. The number of hydrogen-bond donors (Lipinski definition) is 0. The predicted octanol–water partition coefficient (Wildman–Crippen LogP) is 3.18. The first-order valence-electron chi connectivity index (χ1n) is 7.26. The Morgan fingerprint density at radius 1 is 1.25 bits per heavy atom. The minimum Gasteiger partial charge on any atom is -0.298 e. The molecule has 20 heavy (non-hydrogen) atoms. The number of ketones is 1. The molecule has 1 saturated carbocycles. The second kappa shape index (κ2) is 3.68. The third-order valence-electron chi connectivity index (χ3n) is 5.20. The highest BCUT2D eigenvalue weighted by Crippen LogP contribution is 2.54. The van der Waals surface area contributed by atoms with Gasteiger partial charge in [0, 0.05) is 5.54 Å². The van der Waals surface area contributed by atoms with Gasteiger partial charge >= 0.3 is 0 Å². The van der Waals surface area contributed by atoms with Crippen LogP contribution in [0.15, 0.2) is 12.1 Å².